The maximum Gasteiger partial charge on any atom is 0.429 e. The van der Waals surface area contributed by atoms with E-state index in [0.717, 1.165) is 49.2 Å². The van der Waals surface area contributed by atoms with Crippen molar-refractivity contribution in [3.8, 4) is 28.4 Å². The van der Waals surface area contributed by atoms with Crippen LogP contribution in [0.3, 0.4) is 0 Å². The van der Waals surface area contributed by atoms with Crippen LogP contribution >= 0.6 is 0 Å². The number of alkyl halides is 4. The molecule has 0 unspecified atom stereocenters. The minimum Gasteiger partial charge on any atom is -0.456 e. The molecule has 3 aromatic rings. The summed E-state index contributed by atoms with van der Waals surface area (Å²) in [7, 11) is 0. The summed E-state index contributed by atoms with van der Waals surface area (Å²) < 4.78 is 141. The summed E-state index contributed by atoms with van der Waals surface area (Å²) in [6, 6.07) is 7.04. The zero-order chi connectivity index (χ0) is 32.8. The van der Waals surface area contributed by atoms with Crippen LogP contribution in [0.2, 0.25) is 0 Å². The first-order valence-corrected chi connectivity index (χ1v) is 14.1. The van der Waals surface area contributed by atoms with Gasteiger partial charge in [-0.2, -0.15) is 26.3 Å². The van der Waals surface area contributed by atoms with Crippen molar-refractivity contribution in [3.63, 3.8) is 0 Å². The Kier molecular flexibility index (Phi) is 10.8. The Morgan fingerprint density at radius 1 is 0.800 bits per heavy atom. The molecule has 3 aromatic carbocycles. The highest BCUT2D eigenvalue weighted by Gasteiger charge is 2.44. The molecule has 12 heteroatoms. The van der Waals surface area contributed by atoms with E-state index in [0.29, 0.717) is 37.0 Å². The van der Waals surface area contributed by atoms with Gasteiger partial charge in [0.2, 0.25) is 0 Å². The molecule has 45 heavy (non-hydrogen) atoms. The third-order valence-electron chi connectivity index (χ3n) is 7.51. The van der Waals surface area contributed by atoms with Crippen LogP contribution in [0.15, 0.2) is 79.1 Å². The molecule has 1 aliphatic carbocycles. The first kappa shape index (κ1) is 33.8. The Labute approximate surface area is 253 Å². The zero-order valence-corrected chi connectivity index (χ0v) is 24.0. The molecular formula is C33H29F9O3. The van der Waals surface area contributed by atoms with Gasteiger partial charge in [0.15, 0.2) is 17.8 Å². The summed E-state index contributed by atoms with van der Waals surface area (Å²) in [5.74, 6) is -6.44. The molecule has 0 radical (unpaired) electrons. The lowest BCUT2D eigenvalue weighted by Crippen LogP contribution is -2.37. The van der Waals surface area contributed by atoms with Crippen LogP contribution in [0.1, 0.15) is 51.0 Å². The molecule has 1 saturated carbocycles. The second kappa shape index (κ2) is 14.3. The van der Waals surface area contributed by atoms with Crippen LogP contribution in [0.4, 0.5) is 39.5 Å². The van der Waals surface area contributed by atoms with Gasteiger partial charge in [-0.3, -0.25) is 0 Å². The Bertz CT molecular complexity index is 1530. The lowest BCUT2D eigenvalue weighted by Gasteiger charge is -2.33. The first-order valence-electron chi connectivity index (χ1n) is 14.1. The minimum absolute atomic E-state index is 0.0527. The van der Waals surface area contributed by atoms with Crippen molar-refractivity contribution in [2.75, 3.05) is 0 Å². The normalized spacial score (nSPS) is 17.3. The molecule has 1 fully saturated rings. The number of benzene rings is 3. The Morgan fingerprint density at radius 2 is 1.47 bits per heavy atom. The van der Waals surface area contributed by atoms with Gasteiger partial charge in [-0.05, 0) is 93.3 Å². The topological polar surface area (TPSA) is 27.7 Å². The van der Waals surface area contributed by atoms with Gasteiger partial charge in [0.1, 0.15) is 23.1 Å². The quantitative estimate of drug-likeness (QED) is 0.112. The van der Waals surface area contributed by atoms with Crippen molar-refractivity contribution in [3.05, 3.63) is 102 Å². The zero-order valence-electron chi connectivity index (χ0n) is 24.0. The maximum atomic E-state index is 15.0. The van der Waals surface area contributed by atoms with Crippen LogP contribution in [-0.2, 0) is 6.11 Å². The molecule has 3 nitrogen and oxygen atoms in total. The van der Waals surface area contributed by atoms with E-state index in [1.165, 1.54) is 0 Å². The largest absolute Gasteiger partial charge is 0.456 e. The number of hydrogen-bond donors (Lipinski definition) is 0. The highest BCUT2D eigenvalue weighted by molar-refractivity contribution is 5.65. The van der Waals surface area contributed by atoms with Crippen molar-refractivity contribution in [2.45, 2.75) is 57.7 Å². The fraction of sp³-hybridized carbons (Fsp3) is 0.333. The van der Waals surface area contributed by atoms with E-state index in [-0.39, 0.29) is 30.2 Å². The molecule has 0 atom stereocenters. The van der Waals surface area contributed by atoms with Crippen LogP contribution in [-0.4, -0.2) is 6.11 Å². The van der Waals surface area contributed by atoms with Crippen LogP contribution < -0.4 is 14.2 Å². The third-order valence-corrected chi connectivity index (χ3v) is 7.51. The second-order valence-electron chi connectivity index (χ2n) is 10.6. The summed E-state index contributed by atoms with van der Waals surface area (Å²) in [6.07, 6.45) is -2.57. The van der Waals surface area contributed by atoms with E-state index >= 15 is 0 Å². The lowest BCUT2D eigenvalue weighted by atomic mass is 9.79. The summed E-state index contributed by atoms with van der Waals surface area (Å²) >= 11 is 0. The smallest absolute Gasteiger partial charge is 0.429 e. The number of ether oxygens (including phenoxy) is 3. The molecule has 0 bridgehead atoms. The predicted molar refractivity (Wildman–Crippen MR) is 149 cm³/mol. The monoisotopic (exact) mass is 644 g/mol. The van der Waals surface area contributed by atoms with E-state index in [2.05, 4.69) is 9.47 Å². The van der Waals surface area contributed by atoms with Crippen molar-refractivity contribution < 1.29 is 53.7 Å². The Morgan fingerprint density at radius 3 is 2.09 bits per heavy atom. The van der Waals surface area contributed by atoms with Gasteiger partial charge in [-0.25, -0.2) is 13.2 Å². The number of rotatable bonds is 12. The van der Waals surface area contributed by atoms with Gasteiger partial charge >= 0.3 is 18.3 Å². The predicted octanol–water partition coefficient (Wildman–Crippen LogP) is 11.2. The molecule has 0 amide bonds. The Hall–Kier alpha value is -4.09. The van der Waals surface area contributed by atoms with E-state index in [4.69, 9.17) is 4.74 Å². The van der Waals surface area contributed by atoms with Gasteiger partial charge in [-0.15, -0.1) is 0 Å². The Balaban J connectivity index is 1.42. The molecule has 0 saturated heterocycles. The summed E-state index contributed by atoms with van der Waals surface area (Å²) in [6.45, 7) is 1.92. The molecule has 242 valence electrons. The molecular weight excluding hydrogens is 615 g/mol. The van der Waals surface area contributed by atoms with E-state index in [1.54, 1.807) is 0 Å². The third kappa shape index (κ3) is 8.76. The summed E-state index contributed by atoms with van der Waals surface area (Å²) in [5.41, 5.74) is -1.72. The van der Waals surface area contributed by atoms with Crippen LogP contribution in [0.25, 0.3) is 11.1 Å². The van der Waals surface area contributed by atoms with E-state index in [9.17, 15) is 39.5 Å². The molecule has 1 aliphatic rings. The van der Waals surface area contributed by atoms with E-state index in [1.807, 2.05) is 19.1 Å². The van der Waals surface area contributed by atoms with Gasteiger partial charge in [0.25, 0.3) is 0 Å². The molecule has 0 N–H and O–H groups in total. The average Bonchev–Trinajstić information content (AvgIpc) is 2.96. The van der Waals surface area contributed by atoms with Gasteiger partial charge < -0.3 is 14.2 Å². The van der Waals surface area contributed by atoms with Gasteiger partial charge in [-0.1, -0.05) is 18.2 Å². The molecule has 0 aromatic heterocycles. The van der Waals surface area contributed by atoms with E-state index < -0.39 is 64.5 Å². The summed E-state index contributed by atoms with van der Waals surface area (Å²) in [4.78, 5) is 0. The average molecular weight is 645 g/mol. The van der Waals surface area contributed by atoms with Crippen LogP contribution in [0, 0.1) is 29.3 Å². The van der Waals surface area contributed by atoms with Gasteiger partial charge in [0, 0.05) is 17.7 Å². The maximum absolute atomic E-state index is 15.0. The minimum atomic E-state index is -4.34. The molecule has 4 rings (SSSR count). The number of halogens is 9. The molecule has 0 aliphatic heterocycles. The van der Waals surface area contributed by atoms with Crippen molar-refractivity contribution in [2.24, 2.45) is 11.8 Å². The highest BCUT2D eigenvalue weighted by atomic mass is 19.3. The summed E-state index contributed by atoms with van der Waals surface area (Å²) in [5, 5.41) is 0. The number of allylic oxidation sites excluding steroid dienone is 2. The highest BCUT2D eigenvalue weighted by Crippen LogP contribution is 2.42. The van der Waals surface area contributed by atoms with Gasteiger partial charge in [0.05, 0.1) is 11.5 Å². The second-order valence-corrected chi connectivity index (χ2v) is 10.6. The molecule has 0 spiro atoms. The molecule has 0 heterocycles. The van der Waals surface area contributed by atoms with Crippen LogP contribution in [0.5, 0.6) is 17.2 Å². The SMILES string of the molecule is CC=CCCC1CCC(C(F)(F)Oc2ccc(-c3ccc(C(F)(F)Oc4ccc(OC=C(F)F)c(F)c4)c(F)c3)c(F)c2)CC1. The first-order chi connectivity index (χ1) is 21.3. The van der Waals surface area contributed by atoms with Crippen molar-refractivity contribution in [1.82, 2.24) is 0 Å². The van der Waals surface area contributed by atoms with Crippen molar-refractivity contribution in [1.29, 1.82) is 0 Å². The fourth-order valence-electron chi connectivity index (χ4n) is 5.19. The van der Waals surface area contributed by atoms with Crippen molar-refractivity contribution >= 4 is 0 Å². The number of hydrogen-bond acceptors (Lipinski definition) is 3. The fourth-order valence-corrected chi connectivity index (χ4v) is 5.19. The lowest BCUT2D eigenvalue weighted by molar-refractivity contribution is -0.223. The standard InChI is InChI=1S/C33H29F9O3/c1-2-3-4-5-20-6-9-22(10-7-20)32(39,40)44-23-11-13-25(27(34)17-23)21-8-14-26(28(35)16-21)33(41,42)45-24-12-15-30(29(36)18-24)43-19-31(37)38/h2-3,8,11-20,22H,4-7,9-10H2,1H3.